The van der Waals surface area contributed by atoms with Crippen molar-refractivity contribution in [3.63, 3.8) is 0 Å². The highest BCUT2D eigenvalue weighted by atomic mass is 16.5. The summed E-state index contributed by atoms with van der Waals surface area (Å²) in [5.74, 6) is 0. The molecule has 0 fully saturated rings. The molecule has 114 valence electrons. The third-order valence-electron chi connectivity index (χ3n) is 3.28. The van der Waals surface area contributed by atoms with Gasteiger partial charge >= 0.3 is 0 Å². The molecule has 1 rings (SSSR count). The maximum absolute atomic E-state index is 6.23. The molecule has 0 aliphatic heterocycles. The average molecular weight is 279 g/mol. The van der Waals surface area contributed by atoms with E-state index in [1.807, 2.05) is 27.7 Å². The number of nitrogens with two attached hydrogens (primary N) is 1. The van der Waals surface area contributed by atoms with Crippen molar-refractivity contribution in [3.8, 4) is 0 Å². The van der Waals surface area contributed by atoms with Gasteiger partial charge in [-0.3, -0.25) is 0 Å². The highest BCUT2D eigenvalue weighted by Gasteiger charge is 2.16. The van der Waals surface area contributed by atoms with Gasteiger partial charge in [0, 0.05) is 0 Å². The predicted molar refractivity (Wildman–Crippen MR) is 83.9 cm³/mol. The minimum atomic E-state index is -0.120. The van der Waals surface area contributed by atoms with Crippen LogP contribution < -0.4 is 5.73 Å². The largest absolute Gasteiger partial charge is 0.374 e. The molecule has 0 saturated heterocycles. The van der Waals surface area contributed by atoms with Crippen molar-refractivity contribution < 1.29 is 9.47 Å². The Morgan fingerprint density at radius 1 is 1.10 bits per heavy atom. The van der Waals surface area contributed by atoms with Gasteiger partial charge in [0.05, 0.1) is 31.0 Å². The fourth-order valence-corrected chi connectivity index (χ4v) is 1.93. The molecule has 0 aliphatic rings. The Kier molecular flexibility index (Phi) is 6.66. The highest BCUT2D eigenvalue weighted by molar-refractivity contribution is 5.25. The molecule has 0 aliphatic carbocycles. The van der Waals surface area contributed by atoms with Crippen molar-refractivity contribution >= 4 is 0 Å². The van der Waals surface area contributed by atoms with Crippen LogP contribution in [0.4, 0.5) is 0 Å². The lowest BCUT2D eigenvalue weighted by atomic mass is 10.0. The zero-order valence-electron chi connectivity index (χ0n) is 13.5. The van der Waals surface area contributed by atoms with Gasteiger partial charge in [0.15, 0.2) is 0 Å². The molecule has 0 amide bonds. The van der Waals surface area contributed by atoms with Crippen LogP contribution in [0.3, 0.4) is 0 Å². The van der Waals surface area contributed by atoms with E-state index in [9.17, 15) is 0 Å². The Hall–Kier alpha value is -0.900. The van der Waals surface area contributed by atoms with Crippen LogP contribution in [0, 0.1) is 0 Å². The second kappa shape index (κ2) is 7.77. The quantitative estimate of drug-likeness (QED) is 0.777. The molecule has 0 bridgehead atoms. The molecule has 0 radical (unpaired) electrons. The van der Waals surface area contributed by atoms with E-state index in [1.165, 1.54) is 5.56 Å². The van der Waals surface area contributed by atoms with Crippen LogP contribution in [0.5, 0.6) is 0 Å². The first kappa shape index (κ1) is 17.2. The van der Waals surface area contributed by atoms with Crippen LogP contribution in [0.25, 0.3) is 0 Å². The van der Waals surface area contributed by atoms with Crippen molar-refractivity contribution in [1.82, 2.24) is 0 Å². The van der Waals surface area contributed by atoms with E-state index in [0.29, 0.717) is 13.2 Å². The average Bonchev–Trinajstić information content (AvgIpc) is 2.41. The molecule has 3 nitrogen and oxygen atoms in total. The van der Waals surface area contributed by atoms with Gasteiger partial charge in [0.1, 0.15) is 0 Å². The minimum absolute atomic E-state index is 0.0222. The van der Waals surface area contributed by atoms with Gasteiger partial charge < -0.3 is 15.2 Å². The standard InChI is InChI=1S/C17H29NO2/c1-6-14-7-9-15(10-8-14)16(18)13(2)19-11-12-20-17(3,4)5/h7-10,13,16H,6,11-12,18H2,1-5H3. The fraction of sp³-hybridized carbons (Fsp3) is 0.647. The lowest BCUT2D eigenvalue weighted by molar-refractivity contribution is -0.0524. The number of ether oxygens (including phenoxy) is 2. The molecule has 3 heteroatoms. The predicted octanol–water partition coefficient (Wildman–Crippen LogP) is 3.47. The van der Waals surface area contributed by atoms with Crippen molar-refractivity contribution in [2.75, 3.05) is 13.2 Å². The lowest BCUT2D eigenvalue weighted by Crippen LogP contribution is -2.29. The topological polar surface area (TPSA) is 44.5 Å². The molecular formula is C17H29NO2. The Labute approximate surface area is 123 Å². The number of hydrogen-bond acceptors (Lipinski definition) is 3. The monoisotopic (exact) mass is 279 g/mol. The number of hydrogen-bond donors (Lipinski definition) is 1. The molecule has 2 N–H and O–H groups in total. The Morgan fingerprint density at radius 3 is 2.20 bits per heavy atom. The Balaban J connectivity index is 2.39. The maximum atomic E-state index is 6.23. The Morgan fingerprint density at radius 2 is 1.70 bits per heavy atom. The summed E-state index contributed by atoms with van der Waals surface area (Å²) in [5.41, 5.74) is 8.56. The summed E-state index contributed by atoms with van der Waals surface area (Å²) < 4.78 is 11.4. The lowest BCUT2D eigenvalue weighted by Gasteiger charge is -2.23. The Bertz CT molecular complexity index is 381. The smallest absolute Gasteiger partial charge is 0.0740 e. The van der Waals surface area contributed by atoms with Gasteiger partial charge in [-0.1, -0.05) is 31.2 Å². The molecule has 0 aromatic heterocycles. The molecule has 0 spiro atoms. The first-order valence-corrected chi connectivity index (χ1v) is 7.43. The minimum Gasteiger partial charge on any atom is -0.374 e. The van der Waals surface area contributed by atoms with Crippen LogP contribution in [0.1, 0.15) is 51.8 Å². The summed E-state index contributed by atoms with van der Waals surface area (Å²) >= 11 is 0. The van der Waals surface area contributed by atoms with E-state index in [1.54, 1.807) is 0 Å². The van der Waals surface area contributed by atoms with E-state index in [-0.39, 0.29) is 17.7 Å². The van der Waals surface area contributed by atoms with Crippen molar-refractivity contribution in [1.29, 1.82) is 0 Å². The van der Waals surface area contributed by atoms with Crippen LogP contribution in [-0.4, -0.2) is 24.9 Å². The summed E-state index contributed by atoms with van der Waals surface area (Å²) in [6, 6.07) is 8.34. The van der Waals surface area contributed by atoms with Gasteiger partial charge in [-0.25, -0.2) is 0 Å². The molecular weight excluding hydrogens is 250 g/mol. The second-order valence-corrected chi connectivity index (χ2v) is 6.16. The second-order valence-electron chi connectivity index (χ2n) is 6.16. The van der Waals surface area contributed by atoms with Crippen molar-refractivity contribution in [2.45, 2.75) is 58.8 Å². The van der Waals surface area contributed by atoms with Gasteiger partial charge in [0.2, 0.25) is 0 Å². The number of benzene rings is 1. The van der Waals surface area contributed by atoms with Crippen LogP contribution in [0.15, 0.2) is 24.3 Å². The summed E-state index contributed by atoms with van der Waals surface area (Å²) in [6.45, 7) is 11.4. The van der Waals surface area contributed by atoms with E-state index in [2.05, 4.69) is 31.2 Å². The summed E-state index contributed by atoms with van der Waals surface area (Å²) in [6.07, 6.45) is 1.03. The van der Waals surface area contributed by atoms with Crippen LogP contribution in [0.2, 0.25) is 0 Å². The van der Waals surface area contributed by atoms with Crippen molar-refractivity contribution in [3.05, 3.63) is 35.4 Å². The third kappa shape index (κ3) is 6.04. The SMILES string of the molecule is CCc1ccc(C(N)C(C)OCCOC(C)(C)C)cc1. The molecule has 20 heavy (non-hydrogen) atoms. The fourth-order valence-electron chi connectivity index (χ4n) is 1.93. The summed E-state index contributed by atoms with van der Waals surface area (Å²) in [5, 5.41) is 0. The van der Waals surface area contributed by atoms with E-state index >= 15 is 0 Å². The highest BCUT2D eigenvalue weighted by Crippen LogP contribution is 2.17. The van der Waals surface area contributed by atoms with Gasteiger partial charge in [-0.05, 0) is 45.2 Å². The number of rotatable bonds is 7. The molecule has 1 aromatic rings. The van der Waals surface area contributed by atoms with E-state index in [4.69, 9.17) is 15.2 Å². The summed E-state index contributed by atoms with van der Waals surface area (Å²) in [4.78, 5) is 0. The van der Waals surface area contributed by atoms with E-state index in [0.717, 1.165) is 12.0 Å². The van der Waals surface area contributed by atoms with Gasteiger partial charge in [-0.2, -0.15) is 0 Å². The zero-order valence-corrected chi connectivity index (χ0v) is 13.5. The zero-order chi connectivity index (χ0) is 15.2. The first-order valence-electron chi connectivity index (χ1n) is 7.43. The van der Waals surface area contributed by atoms with Gasteiger partial charge in [0.25, 0.3) is 0 Å². The van der Waals surface area contributed by atoms with Crippen LogP contribution in [-0.2, 0) is 15.9 Å². The molecule has 0 heterocycles. The maximum Gasteiger partial charge on any atom is 0.0740 e. The molecule has 0 saturated carbocycles. The number of aryl methyl sites for hydroxylation is 1. The molecule has 2 unspecified atom stereocenters. The third-order valence-corrected chi connectivity index (χ3v) is 3.28. The molecule has 1 aromatic carbocycles. The van der Waals surface area contributed by atoms with E-state index < -0.39 is 0 Å². The first-order chi connectivity index (χ1) is 9.33. The summed E-state index contributed by atoms with van der Waals surface area (Å²) in [7, 11) is 0. The molecule has 2 atom stereocenters. The van der Waals surface area contributed by atoms with Crippen LogP contribution >= 0.6 is 0 Å². The normalized spacial score (nSPS) is 15.1. The van der Waals surface area contributed by atoms with Crippen molar-refractivity contribution in [2.24, 2.45) is 5.73 Å². The van der Waals surface area contributed by atoms with Gasteiger partial charge in [-0.15, -0.1) is 0 Å².